The van der Waals surface area contributed by atoms with Crippen LogP contribution in [0.1, 0.15) is 23.2 Å². The van der Waals surface area contributed by atoms with Gasteiger partial charge in [0, 0.05) is 11.4 Å². The number of rotatable bonds is 2. The van der Waals surface area contributed by atoms with Crippen LogP contribution in [0.25, 0.3) is 16.9 Å². The van der Waals surface area contributed by atoms with E-state index < -0.39 is 0 Å². The second kappa shape index (κ2) is 4.92. The lowest BCUT2D eigenvalue weighted by Crippen LogP contribution is -2.00. The summed E-state index contributed by atoms with van der Waals surface area (Å²) in [7, 11) is 0. The minimum atomic E-state index is 1.19. The molecule has 0 fully saturated rings. The predicted molar refractivity (Wildman–Crippen MR) is 88.0 cm³/mol. The average molecular weight is 273 g/mol. The molecule has 0 aliphatic heterocycles. The third-order valence-electron chi connectivity index (χ3n) is 4.41. The van der Waals surface area contributed by atoms with Gasteiger partial charge in [0.15, 0.2) is 0 Å². The Morgan fingerprint density at radius 2 is 1.62 bits per heavy atom. The fourth-order valence-corrected chi connectivity index (χ4v) is 3.35. The van der Waals surface area contributed by atoms with Gasteiger partial charge in [0.05, 0.1) is 5.69 Å². The summed E-state index contributed by atoms with van der Waals surface area (Å²) in [6.45, 7) is 2.14. The Balaban J connectivity index is 1.94. The summed E-state index contributed by atoms with van der Waals surface area (Å²) in [5.41, 5.74) is 8.23. The zero-order valence-electron chi connectivity index (χ0n) is 12.3. The number of aryl methyl sites for hydroxylation is 2. The van der Waals surface area contributed by atoms with Crippen LogP contribution in [0.15, 0.2) is 60.7 Å². The van der Waals surface area contributed by atoms with Crippen molar-refractivity contribution in [2.45, 2.75) is 26.2 Å². The van der Waals surface area contributed by atoms with E-state index in [2.05, 4.69) is 72.2 Å². The monoisotopic (exact) mass is 273 g/mol. The van der Waals surface area contributed by atoms with Crippen LogP contribution in [0.4, 0.5) is 0 Å². The number of para-hydroxylation sites is 1. The Labute approximate surface area is 125 Å². The minimum Gasteiger partial charge on any atom is -0.313 e. The molecule has 0 unspecified atom stereocenters. The molecule has 1 aliphatic carbocycles. The van der Waals surface area contributed by atoms with Gasteiger partial charge in [0.2, 0.25) is 0 Å². The van der Waals surface area contributed by atoms with Crippen LogP contribution in [0.5, 0.6) is 0 Å². The largest absolute Gasteiger partial charge is 0.313 e. The van der Waals surface area contributed by atoms with E-state index in [-0.39, 0.29) is 0 Å². The van der Waals surface area contributed by atoms with Crippen molar-refractivity contribution in [1.29, 1.82) is 0 Å². The molecule has 0 saturated carbocycles. The zero-order chi connectivity index (χ0) is 14.2. The van der Waals surface area contributed by atoms with Crippen molar-refractivity contribution in [2.75, 3.05) is 0 Å². The highest BCUT2D eigenvalue weighted by Crippen LogP contribution is 2.34. The van der Waals surface area contributed by atoms with Crippen LogP contribution < -0.4 is 0 Å². The quantitative estimate of drug-likeness (QED) is 0.623. The molecule has 0 N–H and O–H groups in total. The molecular formula is C20H19N. The van der Waals surface area contributed by atoms with Crippen molar-refractivity contribution >= 4 is 0 Å². The summed E-state index contributed by atoms with van der Waals surface area (Å²) >= 11 is 0. The number of aromatic nitrogens is 1. The third-order valence-corrected chi connectivity index (χ3v) is 4.41. The van der Waals surface area contributed by atoms with Crippen molar-refractivity contribution in [2.24, 2.45) is 0 Å². The van der Waals surface area contributed by atoms with Gasteiger partial charge in [-0.2, -0.15) is 0 Å². The molecule has 4 rings (SSSR count). The van der Waals surface area contributed by atoms with Gasteiger partial charge in [0.25, 0.3) is 0 Å². The van der Waals surface area contributed by atoms with E-state index in [1.165, 1.54) is 53.0 Å². The van der Waals surface area contributed by atoms with Crippen molar-refractivity contribution in [3.05, 3.63) is 77.5 Å². The van der Waals surface area contributed by atoms with E-state index in [9.17, 15) is 0 Å². The fourth-order valence-electron chi connectivity index (χ4n) is 3.35. The first-order valence-corrected chi connectivity index (χ1v) is 7.69. The van der Waals surface area contributed by atoms with E-state index in [1.807, 2.05) is 0 Å². The smallest absolute Gasteiger partial charge is 0.0534 e. The maximum Gasteiger partial charge on any atom is 0.0534 e. The normalized spacial score (nSPS) is 13.4. The van der Waals surface area contributed by atoms with Crippen molar-refractivity contribution < 1.29 is 0 Å². The lowest BCUT2D eigenvalue weighted by Gasteiger charge is -2.13. The summed E-state index contributed by atoms with van der Waals surface area (Å²) in [5.74, 6) is 0. The molecule has 2 aromatic carbocycles. The highest BCUT2D eigenvalue weighted by atomic mass is 15.0. The first kappa shape index (κ1) is 12.5. The molecule has 0 radical (unpaired) electrons. The molecule has 1 nitrogen and oxygen atoms in total. The lowest BCUT2D eigenvalue weighted by atomic mass is 10.1. The van der Waals surface area contributed by atoms with E-state index in [0.717, 1.165) is 0 Å². The number of benzene rings is 2. The van der Waals surface area contributed by atoms with Crippen LogP contribution in [0.2, 0.25) is 0 Å². The molecule has 1 aliphatic rings. The summed E-state index contributed by atoms with van der Waals surface area (Å²) in [4.78, 5) is 0. The molecule has 3 aromatic rings. The zero-order valence-corrected chi connectivity index (χ0v) is 12.3. The summed E-state index contributed by atoms with van der Waals surface area (Å²) in [6.07, 6.45) is 3.69. The molecule has 0 bridgehead atoms. The number of fused-ring (bicyclic) bond motifs is 1. The molecule has 0 spiro atoms. The fraction of sp³-hybridized carbons (Fsp3) is 0.200. The summed E-state index contributed by atoms with van der Waals surface area (Å²) in [6, 6.07) is 22.0. The molecule has 1 aromatic heterocycles. The predicted octanol–water partition coefficient (Wildman–Crippen LogP) is 4.94. The molecular weight excluding hydrogens is 254 g/mol. The van der Waals surface area contributed by atoms with Crippen LogP contribution in [-0.4, -0.2) is 4.57 Å². The molecule has 0 saturated heterocycles. The number of nitrogens with zero attached hydrogens (tertiary/aromatic N) is 1. The molecule has 0 amide bonds. The molecule has 1 heterocycles. The lowest BCUT2D eigenvalue weighted by molar-refractivity contribution is 0.864. The number of hydrogen-bond donors (Lipinski definition) is 0. The Kier molecular flexibility index (Phi) is 2.92. The first-order valence-electron chi connectivity index (χ1n) is 7.69. The Bertz CT molecular complexity index is 764. The number of hydrogen-bond acceptors (Lipinski definition) is 0. The SMILES string of the molecule is Cc1ccc(-c2cc3c(n2-c2ccccc2)CCC3)cc1. The summed E-state index contributed by atoms with van der Waals surface area (Å²) < 4.78 is 2.45. The van der Waals surface area contributed by atoms with E-state index in [1.54, 1.807) is 0 Å². The van der Waals surface area contributed by atoms with Crippen LogP contribution in [0, 0.1) is 6.92 Å². The Morgan fingerprint density at radius 3 is 2.38 bits per heavy atom. The van der Waals surface area contributed by atoms with Gasteiger partial charge in [-0.25, -0.2) is 0 Å². The topological polar surface area (TPSA) is 4.93 Å². The second-order valence-corrected chi connectivity index (χ2v) is 5.89. The Hall–Kier alpha value is -2.28. The van der Waals surface area contributed by atoms with E-state index in [4.69, 9.17) is 0 Å². The van der Waals surface area contributed by atoms with Gasteiger partial charge >= 0.3 is 0 Å². The Morgan fingerprint density at radius 1 is 0.857 bits per heavy atom. The van der Waals surface area contributed by atoms with E-state index >= 15 is 0 Å². The highest BCUT2D eigenvalue weighted by Gasteiger charge is 2.21. The standard InChI is InChI=1S/C20H19N/c1-15-10-12-16(13-11-15)20-14-17-6-5-9-19(17)21(20)18-7-3-2-4-8-18/h2-4,7-8,10-14H,5-6,9H2,1H3. The van der Waals surface area contributed by atoms with Crippen molar-refractivity contribution in [3.8, 4) is 16.9 Å². The van der Waals surface area contributed by atoms with Crippen molar-refractivity contribution in [3.63, 3.8) is 0 Å². The second-order valence-electron chi connectivity index (χ2n) is 5.89. The van der Waals surface area contributed by atoms with Gasteiger partial charge in [-0.1, -0.05) is 48.0 Å². The third kappa shape index (κ3) is 2.09. The maximum absolute atomic E-state index is 2.45. The van der Waals surface area contributed by atoms with Gasteiger partial charge in [-0.3, -0.25) is 0 Å². The average Bonchev–Trinajstić information content (AvgIpc) is 3.09. The highest BCUT2D eigenvalue weighted by molar-refractivity contribution is 5.66. The van der Waals surface area contributed by atoms with Crippen LogP contribution in [-0.2, 0) is 12.8 Å². The molecule has 1 heteroatoms. The first-order chi connectivity index (χ1) is 10.3. The van der Waals surface area contributed by atoms with Crippen molar-refractivity contribution in [1.82, 2.24) is 4.57 Å². The van der Waals surface area contributed by atoms with Crippen LogP contribution in [0.3, 0.4) is 0 Å². The molecule has 104 valence electrons. The van der Waals surface area contributed by atoms with Gasteiger partial charge in [-0.05, 0) is 55.5 Å². The molecule has 21 heavy (non-hydrogen) atoms. The van der Waals surface area contributed by atoms with Gasteiger partial charge < -0.3 is 4.57 Å². The minimum absolute atomic E-state index is 1.19. The summed E-state index contributed by atoms with van der Waals surface area (Å²) in [5, 5.41) is 0. The van der Waals surface area contributed by atoms with Gasteiger partial charge in [-0.15, -0.1) is 0 Å². The molecule has 0 atom stereocenters. The van der Waals surface area contributed by atoms with Gasteiger partial charge in [0.1, 0.15) is 0 Å². The van der Waals surface area contributed by atoms with E-state index in [0.29, 0.717) is 0 Å². The van der Waals surface area contributed by atoms with Crippen LogP contribution >= 0.6 is 0 Å². The maximum atomic E-state index is 2.45.